The maximum Gasteiger partial charge on any atom is 0.119 e. The van der Waals surface area contributed by atoms with Crippen LogP contribution >= 0.6 is 0 Å². The summed E-state index contributed by atoms with van der Waals surface area (Å²) in [5.41, 5.74) is 5.96. The quantitative estimate of drug-likeness (QED) is 0.345. The van der Waals surface area contributed by atoms with Crippen LogP contribution in [0.1, 0.15) is 11.1 Å². The molecule has 0 saturated carbocycles. The van der Waals surface area contributed by atoms with Gasteiger partial charge in [0.05, 0.1) is 14.2 Å². The molecule has 0 aliphatic rings. The molecule has 32 heavy (non-hydrogen) atoms. The van der Waals surface area contributed by atoms with Crippen molar-refractivity contribution in [2.45, 2.75) is 0 Å². The molecule has 0 radical (unpaired) electrons. The van der Waals surface area contributed by atoms with Crippen molar-refractivity contribution in [2.75, 3.05) is 24.9 Å². The van der Waals surface area contributed by atoms with E-state index in [9.17, 15) is 0 Å². The number of hydrogen-bond acceptors (Lipinski definition) is 4. The maximum absolute atomic E-state index is 5.19. The molecule has 0 aliphatic heterocycles. The Hall–Kier alpha value is -4.36. The Kier molecular flexibility index (Phi) is 6.60. The first-order valence-corrected chi connectivity index (χ1v) is 10.3. The molecule has 0 atom stereocenters. The van der Waals surface area contributed by atoms with E-state index in [2.05, 4.69) is 22.5 Å². The Bertz CT molecular complexity index is 1110. The summed E-state index contributed by atoms with van der Waals surface area (Å²) in [4.78, 5) is 0. The summed E-state index contributed by atoms with van der Waals surface area (Å²) < 4.78 is 10.4. The first-order chi connectivity index (χ1) is 15.7. The van der Waals surface area contributed by atoms with E-state index in [4.69, 9.17) is 9.47 Å². The van der Waals surface area contributed by atoms with Gasteiger partial charge in [0, 0.05) is 33.9 Å². The Morgan fingerprint density at radius 2 is 0.719 bits per heavy atom. The Balaban J connectivity index is 1.36. The second-order valence-electron chi connectivity index (χ2n) is 7.11. The summed E-state index contributed by atoms with van der Waals surface area (Å²) in [6.07, 6.45) is 0. The lowest BCUT2D eigenvalue weighted by Crippen LogP contribution is -1.91. The average molecular weight is 421 g/mol. The molecule has 4 heteroatoms. The fourth-order valence-corrected chi connectivity index (χ4v) is 3.10. The topological polar surface area (TPSA) is 42.5 Å². The van der Waals surface area contributed by atoms with Crippen molar-refractivity contribution in [3.05, 3.63) is 108 Å². The van der Waals surface area contributed by atoms with Crippen LogP contribution in [-0.2, 0) is 0 Å². The van der Waals surface area contributed by atoms with Crippen molar-refractivity contribution in [2.24, 2.45) is 0 Å². The van der Waals surface area contributed by atoms with Gasteiger partial charge in [0.15, 0.2) is 0 Å². The van der Waals surface area contributed by atoms with Crippen LogP contribution in [0.2, 0.25) is 0 Å². The molecule has 4 aromatic rings. The standard InChI is InChI=1S/C28H24N2O2/c1-31-27-17-13-25(14-18-27)29-23-9-5-21(6-10-23)3-4-22-7-11-24(12-8-22)30-26-15-19-28(32-2)20-16-26/h5-20,29-30H,1-2H3. The zero-order chi connectivity index (χ0) is 22.2. The van der Waals surface area contributed by atoms with Gasteiger partial charge >= 0.3 is 0 Å². The molecule has 4 aromatic carbocycles. The van der Waals surface area contributed by atoms with Crippen LogP contribution in [0.25, 0.3) is 0 Å². The summed E-state index contributed by atoms with van der Waals surface area (Å²) in [6.45, 7) is 0. The third kappa shape index (κ3) is 5.62. The Labute approximate surface area is 188 Å². The summed E-state index contributed by atoms with van der Waals surface area (Å²) >= 11 is 0. The molecule has 0 saturated heterocycles. The number of rotatable bonds is 6. The van der Waals surface area contributed by atoms with Gasteiger partial charge < -0.3 is 20.1 Å². The minimum Gasteiger partial charge on any atom is -0.497 e. The summed E-state index contributed by atoms with van der Waals surface area (Å²) in [5.74, 6) is 8.12. The van der Waals surface area contributed by atoms with Crippen molar-refractivity contribution in [3.8, 4) is 23.3 Å². The first-order valence-electron chi connectivity index (χ1n) is 10.3. The van der Waals surface area contributed by atoms with Crippen LogP contribution in [0.4, 0.5) is 22.7 Å². The highest BCUT2D eigenvalue weighted by Crippen LogP contribution is 2.21. The highest BCUT2D eigenvalue weighted by Gasteiger charge is 1.98. The van der Waals surface area contributed by atoms with Crippen molar-refractivity contribution in [1.82, 2.24) is 0 Å². The van der Waals surface area contributed by atoms with E-state index in [0.717, 1.165) is 45.4 Å². The van der Waals surface area contributed by atoms with Crippen molar-refractivity contribution in [3.63, 3.8) is 0 Å². The van der Waals surface area contributed by atoms with E-state index in [1.54, 1.807) is 14.2 Å². The van der Waals surface area contributed by atoms with Gasteiger partial charge in [-0.1, -0.05) is 11.8 Å². The van der Waals surface area contributed by atoms with E-state index in [1.807, 2.05) is 97.1 Å². The monoisotopic (exact) mass is 420 g/mol. The van der Waals surface area contributed by atoms with E-state index >= 15 is 0 Å². The molecule has 4 nitrogen and oxygen atoms in total. The summed E-state index contributed by atoms with van der Waals surface area (Å²) in [5, 5.41) is 6.74. The number of benzene rings is 4. The number of anilines is 4. The molecular formula is C28H24N2O2. The van der Waals surface area contributed by atoms with E-state index in [-0.39, 0.29) is 0 Å². The molecule has 0 aromatic heterocycles. The van der Waals surface area contributed by atoms with Crippen LogP contribution in [0.5, 0.6) is 11.5 Å². The van der Waals surface area contributed by atoms with Gasteiger partial charge in [-0.05, 0) is 97.1 Å². The number of hydrogen-bond donors (Lipinski definition) is 2. The molecule has 0 heterocycles. The molecule has 158 valence electrons. The molecule has 4 rings (SSSR count). The van der Waals surface area contributed by atoms with Crippen LogP contribution in [0.3, 0.4) is 0 Å². The predicted molar refractivity (Wildman–Crippen MR) is 131 cm³/mol. The molecule has 0 amide bonds. The van der Waals surface area contributed by atoms with E-state index < -0.39 is 0 Å². The molecule has 0 aliphatic carbocycles. The predicted octanol–water partition coefficient (Wildman–Crippen LogP) is 6.59. The number of nitrogens with one attached hydrogen (secondary N) is 2. The molecule has 0 spiro atoms. The van der Waals surface area contributed by atoms with Gasteiger partial charge in [-0.2, -0.15) is 0 Å². The van der Waals surface area contributed by atoms with Gasteiger partial charge in [-0.3, -0.25) is 0 Å². The lowest BCUT2D eigenvalue weighted by atomic mass is 10.1. The highest BCUT2D eigenvalue weighted by atomic mass is 16.5. The van der Waals surface area contributed by atoms with Gasteiger partial charge in [0.1, 0.15) is 11.5 Å². The fraction of sp³-hybridized carbons (Fsp3) is 0.0714. The van der Waals surface area contributed by atoms with E-state index in [0.29, 0.717) is 0 Å². The number of methoxy groups -OCH3 is 2. The number of ether oxygens (including phenoxy) is 2. The fourth-order valence-electron chi connectivity index (χ4n) is 3.10. The van der Waals surface area contributed by atoms with E-state index in [1.165, 1.54) is 0 Å². The molecule has 0 unspecified atom stereocenters. The van der Waals surface area contributed by atoms with Crippen LogP contribution in [-0.4, -0.2) is 14.2 Å². The van der Waals surface area contributed by atoms with Crippen molar-refractivity contribution < 1.29 is 9.47 Å². The lowest BCUT2D eigenvalue weighted by Gasteiger charge is -2.07. The largest absolute Gasteiger partial charge is 0.497 e. The zero-order valence-electron chi connectivity index (χ0n) is 18.1. The summed E-state index contributed by atoms with van der Waals surface area (Å²) in [7, 11) is 3.33. The van der Waals surface area contributed by atoms with Crippen molar-refractivity contribution in [1.29, 1.82) is 0 Å². The normalized spacial score (nSPS) is 9.94. The smallest absolute Gasteiger partial charge is 0.119 e. The van der Waals surface area contributed by atoms with Gasteiger partial charge in [-0.25, -0.2) is 0 Å². The summed E-state index contributed by atoms with van der Waals surface area (Å²) in [6, 6.07) is 31.8. The lowest BCUT2D eigenvalue weighted by molar-refractivity contribution is 0.415. The average Bonchev–Trinajstić information content (AvgIpc) is 2.85. The van der Waals surface area contributed by atoms with Gasteiger partial charge in [-0.15, -0.1) is 0 Å². The minimum atomic E-state index is 0.839. The first kappa shape index (κ1) is 20.9. The zero-order valence-corrected chi connectivity index (χ0v) is 18.1. The second kappa shape index (κ2) is 10.1. The second-order valence-corrected chi connectivity index (χ2v) is 7.11. The Morgan fingerprint density at radius 1 is 0.438 bits per heavy atom. The molecule has 0 bridgehead atoms. The van der Waals surface area contributed by atoms with Crippen LogP contribution in [0, 0.1) is 11.8 Å². The van der Waals surface area contributed by atoms with Gasteiger partial charge in [0.25, 0.3) is 0 Å². The molecule has 2 N–H and O–H groups in total. The van der Waals surface area contributed by atoms with Crippen LogP contribution in [0.15, 0.2) is 97.1 Å². The molecular weight excluding hydrogens is 396 g/mol. The molecule has 0 fully saturated rings. The third-order valence-electron chi connectivity index (χ3n) is 4.88. The SMILES string of the molecule is COc1ccc(Nc2ccc(C#Cc3ccc(Nc4ccc(OC)cc4)cc3)cc2)cc1. The maximum atomic E-state index is 5.19. The van der Waals surface area contributed by atoms with Crippen molar-refractivity contribution >= 4 is 22.7 Å². The highest BCUT2D eigenvalue weighted by molar-refractivity contribution is 5.63. The minimum absolute atomic E-state index is 0.839. The third-order valence-corrected chi connectivity index (χ3v) is 4.88. The van der Waals surface area contributed by atoms with Crippen LogP contribution < -0.4 is 20.1 Å². The Morgan fingerprint density at radius 3 is 1.00 bits per heavy atom. The van der Waals surface area contributed by atoms with Gasteiger partial charge in [0.2, 0.25) is 0 Å².